The maximum absolute atomic E-state index is 14.1. The first-order valence-corrected chi connectivity index (χ1v) is 9.98. The number of nitrogens with zero attached hydrogens (tertiary/aromatic N) is 2. The van der Waals surface area contributed by atoms with Crippen molar-refractivity contribution in [3.63, 3.8) is 0 Å². The average molecular weight is 445 g/mol. The molecule has 1 fully saturated rings. The van der Waals surface area contributed by atoms with Crippen molar-refractivity contribution < 1.29 is 14.0 Å². The Hall–Kier alpha value is -2.47. The van der Waals surface area contributed by atoms with Gasteiger partial charge in [0.1, 0.15) is 5.82 Å². The summed E-state index contributed by atoms with van der Waals surface area (Å²) in [6.45, 7) is 5.51. The number of rotatable bonds is 7. The normalized spacial score (nSPS) is 13.6. The number of hydrogen-bond donors (Lipinski definition) is 0. The number of carbonyl (C=O) groups excluding carboxylic acids is 2. The minimum Gasteiger partial charge on any atom is -0.338 e. The van der Waals surface area contributed by atoms with E-state index in [4.69, 9.17) is 0 Å². The third-order valence-electron chi connectivity index (χ3n) is 4.75. The van der Waals surface area contributed by atoms with Crippen LogP contribution in [0.1, 0.15) is 34.3 Å². The minimum absolute atomic E-state index is 0.153. The highest BCUT2D eigenvalue weighted by atomic mass is 79.9. The molecule has 1 saturated heterocycles. The van der Waals surface area contributed by atoms with E-state index in [2.05, 4.69) is 22.5 Å². The SMILES string of the molecule is C=CCN(Cc1cc(Br)ccc1F)C(=O)c1ccc(CN2CCCC2=O)cc1. The lowest BCUT2D eigenvalue weighted by Crippen LogP contribution is -2.31. The van der Waals surface area contributed by atoms with Crippen molar-refractivity contribution in [1.29, 1.82) is 0 Å². The summed E-state index contributed by atoms with van der Waals surface area (Å²) in [6, 6.07) is 11.9. The Kier molecular flexibility index (Phi) is 6.62. The van der Waals surface area contributed by atoms with Crippen LogP contribution in [0.25, 0.3) is 0 Å². The molecule has 28 heavy (non-hydrogen) atoms. The van der Waals surface area contributed by atoms with Crippen molar-refractivity contribution in [3.05, 3.63) is 82.1 Å². The van der Waals surface area contributed by atoms with Gasteiger partial charge in [-0.25, -0.2) is 4.39 Å². The summed E-state index contributed by atoms with van der Waals surface area (Å²) in [7, 11) is 0. The predicted molar refractivity (Wildman–Crippen MR) is 110 cm³/mol. The molecule has 1 heterocycles. The van der Waals surface area contributed by atoms with Gasteiger partial charge in [0.2, 0.25) is 5.91 Å². The van der Waals surface area contributed by atoms with Crippen molar-refractivity contribution in [2.24, 2.45) is 0 Å². The molecule has 0 aromatic heterocycles. The van der Waals surface area contributed by atoms with Crippen LogP contribution >= 0.6 is 15.9 Å². The molecule has 0 radical (unpaired) electrons. The molecule has 6 heteroatoms. The molecule has 2 aromatic rings. The molecule has 0 N–H and O–H groups in total. The second kappa shape index (κ2) is 9.15. The van der Waals surface area contributed by atoms with Crippen molar-refractivity contribution in [1.82, 2.24) is 9.80 Å². The van der Waals surface area contributed by atoms with Gasteiger partial charge in [-0.2, -0.15) is 0 Å². The topological polar surface area (TPSA) is 40.6 Å². The Balaban J connectivity index is 1.72. The highest BCUT2D eigenvalue weighted by Gasteiger charge is 2.21. The van der Waals surface area contributed by atoms with Crippen LogP contribution in [0.2, 0.25) is 0 Å². The van der Waals surface area contributed by atoms with Crippen molar-refractivity contribution in [2.75, 3.05) is 13.1 Å². The fraction of sp³-hybridized carbons (Fsp3) is 0.273. The molecular formula is C22H22BrFN2O2. The predicted octanol–water partition coefficient (Wildman–Crippen LogP) is 4.54. The second-order valence-electron chi connectivity index (χ2n) is 6.83. The van der Waals surface area contributed by atoms with Gasteiger partial charge in [0.05, 0.1) is 0 Å². The Morgan fingerprint density at radius 1 is 1.25 bits per heavy atom. The van der Waals surface area contributed by atoms with E-state index in [0.717, 1.165) is 23.0 Å². The summed E-state index contributed by atoms with van der Waals surface area (Å²) in [5.74, 6) is -0.368. The van der Waals surface area contributed by atoms with E-state index >= 15 is 0 Å². The molecule has 146 valence electrons. The highest BCUT2D eigenvalue weighted by molar-refractivity contribution is 9.10. The molecule has 0 saturated carbocycles. The lowest BCUT2D eigenvalue weighted by Gasteiger charge is -2.22. The molecule has 1 aliphatic rings. The lowest BCUT2D eigenvalue weighted by molar-refractivity contribution is -0.128. The standard InChI is InChI=1S/C22H22BrFN2O2/c1-2-11-26(15-18-13-19(23)9-10-20(18)24)22(28)17-7-5-16(6-8-17)14-25-12-3-4-21(25)27/h2,5-10,13H,1,3-4,11-12,14-15H2. The van der Waals surface area contributed by atoms with Crippen molar-refractivity contribution in [3.8, 4) is 0 Å². The maximum Gasteiger partial charge on any atom is 0.254 e. The first-order chi connectivity index (χ1) is 13.5. The molecule has 0 spiro atoms. The number of likely N-dealkylation sites (tertiary alicyclic amines) is 1. The van der Waals surface area contributed by atoms with E-state index in [1.54, 1.807) is 35.2 Å². The zero-order valence-electron chi connectivity index (χ0n) is 15.5. The molecule has 1 aliphatic heterocycles. The Labute approximate surface area is 172 Å². The van der Waals surface area contributed by atoms with Crippen molar-refractivity contribution in [2.45, 2.75) is 25.9 Å². The van der Waals surface area contributed by atoms with Crippen LogP contribution in [0, 0.1) is 5.82 Å². The van der Waals surface area contributed by atoms with Gasteiger partial charge in [-0.3, -0.25) is 9.59 Å². The molecule has 0 bridgehead atoms. The highest BCUT2D eigenvalue weighted by Crippen LogP contribution is 2.19. The monoisotopic (exact) mass is 444 g/mol. The van der Waals surface area contributed by atoms with E-state index in [1.807, 2.05) is 17.0 Å². The van der Waals surface area contributed by atoms with Gasteiger partial charge in [0, 0.05) is 48.2 Å². The summed E-state index contributed by atoms with van der Waals surface area (Å²) in [4.78, 5) is 28.1. The Morgan fingerprint density at radius 3 is 2.64 bits per heavy atom. The number of amides is 2. The Morgan fingerprint density at radius 2 is 2.00 bits per heavy atom. The number of hydrogen-bond acceptors (Lipinski definition) is 2. The quantitative estimate of drug-likeness (QED) is 0.588. The lowest BCUT2D eigenvalue weighted by atomic mass is 10.1. The fourth-order valence-electron chi connectivity index (χ4n) is 3.27. The summed E-state index contributed by atoms with van der Waals surface area (Å²) < 4.78 is 14.9. The molecular weight excluding hydrogens is 423 g/mol. The van der Waals surface area contributed by atoms with E-state index < -0.39 is 0 Å². The molecule has 0 unspecified atom stereocenters. The van der Waals surface area contributed by atoms with Gasteiger partial charge in [-0.1, -0.05) is 34.1 Å². The summed E-state index contributed by atoms with van der Waals surface area (Å²) >= 11 is 3.34. The van der Waals surface area contributed by atoms with Gasteiger partial charge in [-0.15, -0.1) is 6.58 Å². The van der Waals surface area contributed by atoms with Crippen LogP contribution in [-0.2, 0) is 17.9 Å². The Bertz CT molecular complexity index is 883. The minimum atomic E-state index is -0.351. The van der Waals surface area contributed by atoms with Gasteiger partial charge in [0.25, 0.3) is 5.91 Å². The van der Waals surface area contributed by atoms with Crippen molar-refractivity contribution >= 4 is 27.7 Å². The largest absolute Gasteiger partial charge is 0.338 e. The first-order valence-electron chi connectivity index (χ1n) is 9.18. The van der Waals surface area contributed by atoms with Crippen LogP contribution in [0.15, 0.2) is 59.6 Å². The third kappa shape index (κ3) is 4.87. The first kappa shape index (κ1) is 20.3. The smallest absolute Gasteiger partial charge is 0.254 e. The summed E-state index contributed by atoms with van der Waals surface area (Å²) in [6.07, 6.45) is 3.14. The fourth-order valence-corrected chi connectivity index (χ4v) is 3.68. The van der Waals surface area contributed by atoms with Crippen LogP contribution in [0.5, 0.6) is 0 Å². The molecule has 3 rings (SSSR count). The van der Waals surface area contributed by atoms with E-state index in [-0.39, 0.29) is 24.2 Å². The average Bonchev–Trinajstić information content (AvgIpc) is 3.09. The molecule has 0 aliphatic carbocycles. The van der Waals surface area contributed by atoms with Gasteiger partial charge in [-0.05, 0) is 42.3 Å². The number of carbonyl (C=O) groups is 2. The van der Waals surface area contributed by atoms with E-state index in [0.29, 0.717) is 30.6 Å². The van der Waals surface area contributed by atoms with E-state index in [9.17, 15) is 14.0 Å². The molecule has 2 aromatic carbocycles. The van der Waals surface area contributed by atoms with Crippen LogP contribution < -0.4 is 0 Å². The zero-order valence-corrected chi connectivity index (χ0v) is 17.1. The van der Waals surface area contributed by atoms with E-state index in [1.165, 1.54) is 6.07 Å². The molecule has 0 atom stereocenters. The van der Waals surface area contributed by atoms with Gasteiger partial charge >= 0.3 is 0 Å². The van der Waals surface area contributed by atoms with Crippen LogP contribution in [0.4, 0.5) is 4.39 Å². The number of halogens is 2. The van der Waals surface area contributed by atoms with Gasteiger partial charge < -0.3 is 9.80 Å². The maximum atomic E-state index is 14.1. The third-order valence-corrected chi connectivity index (χ3v) is 5.24. The second-order valence-corrected chi connectivity index (χ2v) is 7.74. The zero-order chi connectivity index (χ0) is 20.1. The summed E-state index contributed by atoms with van der Waals surface area (Å²) in [5, 5.41) is 0. The van der Waals surface area contributed by atoms with Crippen LogP contribution in [-0.4, -0.2) is 34.7 Å². The number of benzene rings is 2. The van der Waals surface area contributed by atoms with Crippen LogP contribution in [0.3, 0.4) is 0 Å². The molecule has 2 amide bonds. The van der Waals surface area contributed by atoms with Gasteiger partial charge in [0.15, 0.2) is 0 Å². The molecule has 4 nitrogen and oxygen atoms in total. The summed E-state index contributed by atoms with van der Waals surface area (Å²) in [5.41, 5.74) is 1.95.